The summed E-state index contributed by atoms with van der Waals surface area (Å²) >= 11 is 0. The van der Waals surface area contributed by atoms with Crippen LogP contribution in [0.2, 0.25) is 0 Å². The topological polar surface area (TPSA) is 94.6 Å². The number of benzene rings is 1. The zero-order valence-corrected chi connectivity index (χ0v) is 13.0. The molecule has 6 nitrogen and oxygen atoms in total. The summed E-state index contributed by atoms with van der Waals surface area (Å²) in [5, 5.41) is -0.945. The molecule has 0 spiro atoms. The second kappa shape index (κ2) is 5.92. The van der Waals surface area contributed by atoms with Crippen LogP contribution in [0, 0.1) is 0 Å². The fourth-order valence-corrected chi connectivity index (χ4v) is 3.50. The summed E-state index contributed by atoms with van der Waals surface area (Å²) in [6.45, 7) is 1.40. The molecule has 1 rings (SSSR count). The lowest BCUT2D eigenvalue weighted by Crippen LogP contribution is -2.22. The van der Waals surface area contributed by atoms with Crippen molar-refractivity contribution in [1.82, 2.24) is 0 Å². The van der Waals surface area contributed by atoms with Gasteiger partial charge in [-0.1, -0.05) is 0 Å². The van der Waals surface area contributed by atoms with Gasteiger partial charge in [0.25, 0.3) is 0 Å². The number of ether oxygens (including phenoxy) is 1. The van der Waals surface area contributed by atoms with Crippen LogP contribution in [-0.2, 0) is 29.2 Å². The molecule has 1 aromatic rings. The lowest BCUT2D eigenvalue weighted by Gasteiger charge is -2.12. The predicted octanol–water partition coefficient (Wildman–Crippen LogP) is 0.815. The lowest BCUT2D eigenvalue weighted by molar-refractivity contribution is -0.140. The van der Waals surface area contributed by atoms with E-state index in [1.165, 1.54) is 38.3 Å². The Balaban J connectivity index is 3.08. The molecule has 0 heterocycles. The maximum atomic E-state index is 12.2. The van der Waals surface area contributed by atoms with E-state index in [-0.39, 0.29) is 16.2 Å². The highest BCUT2D eigenvalue weighted by atomic mass is 32.2. The number of sulfone groups is 2. The van der Waals surface area contributed by atoms with E-state index < -0.39 is 30.9 Å². The van der Waals surface area contributed by atoms with Gasteiger partial charge in [-0.2, -0.15) is 0 Å². The average Bonchev–Trinajstić information content (AvgIpc) is 2.37. The molecule has 8 heteroatoms. The third-order valence-corrected chi connectivity index (χ3v) is 6.08. The molecule has 1 unspecified atom stereocenters. The predicted molar refractivity (Wildman–Crippen MR) is 72.8 cm³/mol. The first-order chi connectivity index (χ1) is 9.09. The van der Waals surface area contributed by atoms with Gasteiger partial charge in [-0.05, 0) is 31.2 Å². The number of carbonyl (C=O) groups excluding carboxylic acids is 1. The Morgan fingerprint density at radius 2 is 1.55 bits per heavy atom. The molecule has 0 aliphatic carbocycles. The summed E-state index contributed by atoms with van der Waals surface area (Å²) in [6.07, 6.45) is 0.781. The van der Waals surface area contributed by atoms with Crippen LogP contribution in [0.15, 0.2) is 34.1 Å². The molecule has 1 aromatic carbocycles. The molecule has 112 valence electrons. The third-order valence-electron chi connectivity index (χ3n) is 2.79. The first-order valence-electron chi connectivity index (χ1n) is 5.70. The van der Waals surface area contributed by atoms with Crippen molar-refractivity contribution in [2.75, 3.05) is 13.4 Å². The highest BCUT2D eigenvalue weighted by Crippen LogP contribution is 2.20. The Morgan fingerprint density at radius 1 is 1.10 bits per heavy atom. The summed E-state index contributed by atoms with van der Waals surface area (Å²) in [5.74, 6) is -0.617. The Labute approximate surface area is 118 Å². The van der Waals surface area contributed by atoms with E-state index in [4.69, 9.17) is 0 Å². The van der Waals surface area contributed by atoms with Gasteiger partial charge < -0.3 is 4.74 Å². The molecule has 1 atom stereocenters. The van der Waals surface area contributed by atoms with Gasteiger partial charge in [0.1, 0.15) is 0 Å². The van der Waals surface area contributed by atoms with Gasteiger partial charge >= 0.3 is 5.97 Å². The van der Waals surface area contributed by atoms with Crippen molar-refractivity contribution in [2.24, 2.45) is 0 Å². The monoisotopic (exact) mass is 320 g/mol. The molecule has 20 heavy (non-hydrogen) atoms. The minimum absolute atomic E-state index is 0.0266. The van der Waals surface area contributed by atoms with Crippen LogP contribution in [0.5, 0.6) is 0 Å². The van der Waals surface area contributed by atoms with Crippen molar-refractivity contribution in [3.8, 4) is 0 Å². The Morgan fingerprint density at radius 3 is 1.95 bits per heavy atom. The fourth-order valence-electron chi connectivity index (χ4n) is 1.54. The molecular weight excluding hydrogens is 304 g/mol. The lowest BCUT2D eigenvalue weighted by atomic mass is 10.3. The van der Waals surface area contributed by atoms with E-state index in [0.717, 1.165) is 6.26 Å². The first-order valence-corrected chi connectivity index (χ1v) is 9.13. The van der Waals surface area contributed by atoms with Crippen LogP contribution in [0.1, 0.15) is 13.3 Å². The van der Waals surface area contributed by atoms with Crippen molar-refractivity contribution in [2.45, 2.75) is 28.4 Å². The van der Waals surface area contributed by atoms with E-state index in [0.29, 0.717) is 0 Å². The number of rotatable bonds is 5. The van der Waals surface area contributed by atoms with Crippen molar-refractivity contribution in [3.05, 3.63) is 24.3 Å². The van der Waals surface area contributed by atoms with Crippen molar-refractivity contribution in [1.29, 1.82) is 0 Å². The quantitative estimate of drug-likeness (QED) is 0.745. The number of hydrogen-bond acceptors (Lipinski definition) is 6. The molecule has 0 bridgehead atoms. The maximum Gasteiger partial charge on any atom is 0.306 e. The van der Waals surface area contributed by atoms with Gasteiger partial charge in [0.2, 0.25) is 0 Å². The first kappa shape index (κ1) is 16.6. The zero-order valence-electron chi connectivity index (χ0n) is 11.4. The number of methoxy groups -OCH3 is 1. The number of carbonyl (C=O) groups is 1. The highest BCUT2D eigenvalue weighted by molar-refractivity contribution is 7.92. The van der Waals surface area contributed by atoms with Crippen molar-refractivity contribution in [3.63, 3.8) is 0 Å². The molecular formula is C12H16O6S2. The molecule has 0 amide bonds. The molecule has 0 aliphatic rings. The van der Waals surface area contributed by atoms with Gasteiger partial charge in [0, 0.05) is 6.26 Å². The largest absolute Gasteiger partial charge is 0.469 e. The summed E-state index contributed by atoms with van der Waals surface area (Å²) in [4.78, 5) is 11.1. The van der Waals surface area contributed by atoms with Gasteiger partial charge in [0.05, 0.1) is 28.6 Å². The normalized spacial score (nSPS) is 13.8. The summed E-state index contributed by atoms with van der Waals surface area (Å²) in [7, 11) is -5.90. The van der Waals surface area contributed by atoms with Gasteiger partial charge in [0.15, 0.2) is 19.7 Å². The standard InChI is InChI=1S/C12H16O6S2/c1-9(8-12(13)18-2)20(16,17)11-6-4-10(5-7-11)19(3,14)15/h4-7,9H,8H2,1-3H3. The maximum absolute atomic E-state index is 12.2. The van der Waals surface area contributed by atoms with Crippen LogP contribution in [0.3, 0.4) is 0 Å². The molecule has 0 aromatic heterocycles. The highest BCUT2D eigenvalue weighted by Gasteiger charge is 2.26. The van der Waals surface area contributed by atoms with Gasteiger partial charge in [-0.15, -0.1) is 0 Å². The molecule has 0 fully saturated rings. The molecule has 0 aliphatic heterocycles. The summed E-state index contributed by atoms with van der Waals surface area (Å²) < 4.78 is 51.4. The second-order valence-corrected chi connectivity index (χ2v) is 8.76. The van der Waals surface area contributed by atoms with Gasteiger partial charge in [-0.3, -0.25) is 4.79 Å². The summed E-state index contributed by atoms with van der Waals surface area (Å²) in [5.41, 5.74) is 0. The zero-order chi connectivity index (χ0) is 15.6. The van der Waals surface area contributed by atoms with E-state index in [1.807, 2.05) is 0 Å². The smallest absolute Gasteiger partial charge is 0.306 e. The van der Waals surface area contributed by atoms with Crippen LogP contribution >= 0.6 is 0 Å². The Bertz CT molecular complexity index is 686. The minimum atomic E-state index is -3.70. The minimum Gasteiger partial charge on any atom is -0.469 e. The molecule has 0 saturated carbocycles. The van der Waals surface area contributed by atoms with E-state index in [9.17, 15) is 21.6 Å². The van der Waals surface area contributed by atoms with Crippen LogP contribution in [0.4, 0.5) is 0 Å². The van der Waals surface area contributed by atoms with E-state index >= 15 is 0 Å². The number of esters is 1. The van der Waals surface area contributed by atoms with Crippen molar-refractivity contribution < 1.29 is 26.4 Å². The molecule has 0 N–H and O–H groups in total. The summed E-state index contributed by atoms with van der Waals surface area (Å²) in [6, 6.07) is 4.90. The van der Waals surface area contributed by atoms with E-state index in [2.05, 4.69) is 4.74 Å². The second-order valence-electron chi connectivity index (χ2n) is 4.38. The molecule has 0 radical (unpaired) electrons. The van der Waals surface area contributed by atoms with E-state index in [1.54, 1.807) is 0 Å². The Kier molecular flexibility index (Phi) is 4.93. The fraction of sp³-hybridized carbons (Fsp3) is 0.417. The van der Waals surface area contributed by atoms with Crippen molar-refractivity contribution >= 4 is 25.6 Å². The molecule has 0 saturated heterocycles. The van der Waals surface area contributed by atoms with Crippen LogP contribution < -0.4 is 0 Å². The SMILES string of the molecule is COC(=O)CC(C)S(=O)(=O)c1ccc(S(C)(=O)=O)cc1. The number of hydrogen-bond donors (Lipinski definition) is 0. The van der Waals surface area contributed by atoms with Crippen LogP contribution in [-0.4, -0.2) is 41.4 Å². The van der Waals surface area contributed by atoms with Gasteiger partial charge in [-0.25, -0.2) is 16.8 Å². The third kappa shape index (κ3) is 3.80. The Hall–Kier alpha value is -1.41. The average molecular weight is 320 g/mol. The van der Waals surface area contributed by atoms with Crippen LogP contribution in [0.25, 0.3) is 0 Å².